The number of aryl methyl sites for hydroxylation is 1. The van der Waals surface area contributed by atoms with Gasteiger partial charge in [0.1, 0.15) is 0 Å². The van der Waals surface area contributed by atoms with Crippen LogP contribution in [0.5, 0.6) is 0 Å². The summed E-state index contributed by atoms with van der Waals surface area (Å²) in [5.74, 6) is -0.792. The van der Waals surface area contributed by atoms with Crippen molar-refractivity contribution in [2.24, 2.45) is 0 Å². The summed E-state index contributed by atoms with van der Waals surface area (Å²) in [4.78, 5) is 17.7. The zero-order valence-corrected chi connectivity index (χ0v) is 14.2. The molecular formula is C18H21N5O2. The van der Waals surface area contributed by atoms with Crippen LogP contribution in [-0.4, -0.2) is 48.9 Å². The lowest BCUT2D eigenvalue weighted by molar-refractivity contribution is -0.137. The molecule has 1 aliphatic heterocycles. The highest BCUT2D eigenvalue weighted by Crippen LogP contribution is 2.24. The van der Waals surface area contributed by atoms with Gasteiger partial charge in [0.2, 0.25) is 0 Å². The highest BCUT2D eigenvalue weighted by molar-refractivity contribution is 5.75. The molecule has 0 saturated heterocycles. The number of likely N-dealkylation sites (N-methyl/N-ethyl adjacent to an activating group) is 1. The van der Waals surface area contributed by atoms with Crippen molar-refractivity contribution in [1.82, 2.24) is 24.2 Å². The van der Waals surface area contributed by atoms with Crippen molar-refractivity contribution in [1.29, 1.82) is 0 Å². The van der Waals surface area contributed by atoms with Crippen LogP contribution in [0.2, 0.25) is 0 Å². The molecule has 0 fully saturated rings. The summed E-state index contributed by atoms with van der Waals surface area (Å²) >= 11 is 0. The van der Waals surface area contributed by atoms with E-state index in [0.717, 1.165) is 36.2 Å². The SMILES string of the molecule is CN1CCc2c(c(Cn3cnc4ccccc43)nn2CCC(=O)O)C1. The summed E-state index contributed by atoms with van der Waals surface area (Å²) in [7, 11) is 2.11. The Labute approximate surface area is 145 Å². The van der Waals surface area contributed by atoms with Gasteiger partial charge in [0.05, 0.1) is 42.6 Å². The number of para-hydroxylation sites is 2. The van der Waals surface area contributed by atoms with Gasteiger partial charge in [-0.05, 0) is 19.2 Å². The molecule has 25 heavy (non-hydrogen) atoms. The van der Waals surface area contributed by atoms with E-state index >= 15 is 0 Å². The van der Waals surface area contributed by atoms with Gasteiger partial charge in [-0.15, -0.1) is 0 Å². The minimum Gasteiger partial charge on any atom is -0.481 e. The van der Waals surface area contributed by atoms with Crippen LogP contribution in [0.4, 0.5) is 0 Å². The first-order valence-corrected chi connectivity index (χ1v) is 8.49. The molecule has 1 aromatic carbocycles. The maximum absolute atomic E-state index is 10.9. The molecule has 1 aliphatic rings. The number of nitrogens with zero attached hydrogens (tertiary/aromatic N) is 5. The number of carboxylic acids is 1. The van der Waals surface area contributed by atoms with E-state index in [1.807, 2.05) is 29.2 Å². The van der Waals surface area contributed by atoms with Crippen molar-refractivity contribution in [3.8, 4) is 0 Å². The van der Waals surface area contributed by atoms with Crippen molar-refractivity contribution in [2.75, 3.05) is 13.6 Å². The lowest BCUT2D eigenvalue weighted by atomic mass is 10.1. The van der Waals surface area contributed by atoms with Crippen molar-refractivity contribution in [2.45, 2.75) is 32.5 Å². The molecule has 4 rings (SSSR count). The minimum absolute atomic E-state index is 0.0946. The fraction of sp³-hybridized carbons (Fsp3) is 0.389. The van der Waals surface area contributed by atoms with E-state index in [4.69, 9.17) is 10.2 Å². The van der Waals surface area contributed by atoms with Gasteiger partial charge in [0.25, 0.3) is 0 Å². The monoisotopic (exact) mass is 339 g/mol. The molecule has 0 bridgehead atoms. The number of aromatic nitrogens is 4. The van der Waals surface area contributed by atoms with Crippen molar-refractivity contribution in [3.63, 3.8) is 0 Å². The summed E-state index contributed by atoms with van der Waals surface area (Å²) in [6.45, 7) is 2.90. The molecular weight excluding hydrogens is 318 g/mol. The number of rotatable bonds is 5. The Balaban J connectivity index is 1.70. The zero-order valence-electron chi connectivity index (χ0n) is 14.2. The van der Waals surface area contributed by atoms with Gasteiger partial charge in [0.15, 0.2) is 0 Å². The van der Waals surface area contributed by atoms with Crippen molar-refractivity contribution in [3.05, 3.63) is 47.5 Å². The fourth-order valence-corrected chi connectivity index (χ4v) is 3.51. The average Bonchev–Trinajstić information content (AvgIpc) is 3.15. The van der Waals surface area contributed by atoms with Crippen LogP contribution < -0.4 is 0 Å². The van der Waals surface area contributed by atoms with Crippen LogP contribution in [0, 0.1) is 0 Å². The topological polar surface area (TPSA) is 76.2 Å². The third-order valence-electron chi connectivity index (χ3n) is 4.79. The van der Waals surface area contributed by atoms with Crippen LogP contribution in [0.3, 0.4) is 0 Å². The second-order valence-corrected chi connectivity index (χ2v) is 6.59. The number of fused-ring (bicyclic) bond motifs is 2. The highest BCUT2D eigenvalue weighted by atomic mass is 16.4. The quantitative estimate of drug-likeness (QED) is 0.766. The maximum atomic E-state index is 10.9. The van der Waals surface area contributed by atoms with E-state index in [1.54, 1.807) is 0 Å². The van der Waals surface area contributed by atoms with Gasteiger partial charge in [-0.2, -0.15) is 5.10 Å². The van der Waals surface area contributed by atoms with E-state index in [2.05, 4.69) is 27.6 Å². The van der Waals surface area contributed by atoms with Gasteiger partial charge in [-0.1, -0.05) is 12.1 Å². The standard InChI is InChI=1S/C18H21N5O2/c1-21-8-6-16-13(10-21)15(20-23(16)9-7-18(24)25)11-22-12-19-14-4-2-3-5-17(14)22/h2-5,12H,6-11H2,1H3,(H,24,25). The first-order chi connectivity index (χ1) is 12.1. The van der Waals surface area contributed by atoms with E-state index in [9.17, 15) is 4.79 Å². The minimum atomic E-state index is -0.792. The predicted octanol–water partition coefficient (Wildman–Crippen LogP) is 1.74. The van der Waals surface area contributed by atoms with E-state index in [-0.39, 0.29) is 6.42 Å². The summed E-state index contributed by atoms with van der Waals surface area (Å²) in [5.41, 5.74) is 5.48. The van der Waals surface area contributed by atoms with Crippen LogP contribution in [0.1, 0.15) is 23.4 Å². The molecule has 1 N–H and O–H groups in total. The van der Waals surface area contributed by atoms with E-state index in [0.29, 0.717) is 13.1 Å². The molecule has 0 unspecified atom stereocenters. The Morgan fingerprint density at radius 3 is 3.00 bits per heavy atom. The van der Waals surface area contributed by atoms with Gasteiger partial charge < -0.3 is 14.6 Å². The Kier molecular flexibility index (Phi) is 4.01. The lowest BCUT2D eigenvalue weighted by Gasteiger charge is -2.23. The van der Waals surface area contributed by atoms with Gasteiger partial charge >= 0.3 is 5.97 Å². The highest BCUT2D eigenvalue weighted by Gasteiger charge is 2.23. The first kappa shape index (κ1) is 15.8. The Morgan fingerprint density at radius 2 is 2.16 bits per heavy atom. The molecule has 7 heteroatoms. The Morgan fingerprint density at radius 1 is 1.32 bits per heavy atom. The summed E-state index contributed by atoms with van der Waals surface area (Å²) in [6.07, 6.45) is 2.85. The molecule has 0 radical (unpaired) electrons. The van der Waals surface area contributed by atoms with Gasteiger partial charge in [-0.3, -0.25) is 9.48 Å². The number of benzene rings is 1. The third kappa shape index (κ3) is 3.02. The normalized spacial score (nSPS) is 14.8. The van der Waals surface area contributed by atoms with Crippen molar-refractivity contribution < 1.29 is 9.90 Å². The second kappa shape index (κ2) is 6.33. The van der Waals surface area contributed by atoms with E-state index in [1.165, 1.54) is 11.3 Å². The number of hydrogen-bond donors (Lipinski definition) is 1. The van der Waals surface area contributed by atoms with Crippen LogP contribution in [0.15, 0.2) is 30.6 Å². The van der Waals surface area contributed by atoms with Crippen LogP contribution >= 0.6 is 0 Å². The smallest absolute Gasteiger partial charge is 0.305 e. The molecule has 130 valence electrons. The number of hydrogen-bond acceptors (Lipinski definition) is 4. The molecule has 0 atom stereocenters. The summed E-state index contributed by atoms with van der Waals surface area (Å²) in [5, 5.41) is 13.7. The third-order valence-corrected chi connectivity index (χ3v) is 4.79. The number of carboxylic acid groups (broad SMARTS) is 1. The molecule has 0 spiro atoms. The molecule has 2 aromatic heterocycles. The molecule has 3 heterocycles. The van der Waals surface area contributed by atoms with Gasteiger partial charge in [0, 0.05) is 30.8 Å². The molecule has 0 aliphatic carbocycles. The number of imidazole rings is 1. The average molecular weight is 339 g/mol. The van der Waals surface area contributed by atoms with E-state index < -0.39 is 5.97 Å². The lowest BCUT2D eigenvalue weighted by Crippen LogP contribution is -2.28. The second-order valence-electron chi connectivity index (χ2n) is 6.59. The predicted molar refractivity (Wildman–Crippen MR) is 93.4 cm³/mol. The van der Waals surface area contributed by atoms with Crippen LogP contribution in [0.25, 0.3) is 11.0 Å². The Hall–Kier alpha value is -2.67. The zero-order chi connectivity index (χ0) is 17.4. The van der Waals surface area contributed by atoms with Crippen molar-refractivity contribution >= 4 is 17.0 Å². The summed E-state index contributed by atoms with van der Waals surface area (Å²) < 4.78 is 4.00. The Bertz CT molecular complexity index is 927. The molecule has 7 nitrogen and oxygen atoms in total. The molecule has 3 aromatic rings. The first-order valence-electron chi connectivity index (χ1n) is 8.49. The maximum Gasteiger partial charge on any atom is 0.305 e. The fourth-order valence-electron chi connectivity index (χ4n) is 3.51. The largest absolute Gasteiger partial charge is 0.481 e. The number of carbonyl (C=O) groups is 1. The summed E-state index contributed by atoms with van der Waals surface area (Å²) in [6, 6.07) is 8.05. The molecule has 0 amide bonds. The van der Waals surface area contributed by atoms with Crippen LogP contribution in [-0.2, 0) is 30.8 Å². The number of aliphatic carboxylic acids is 1. The molecule has 0 saturated carbocycles. The van der Waals surface area contributed by atoms with Gasteiger partial charge in [-0.25, -0.2) is 4.98 Å².